The van der Waals surface area contributed by atoms with Crippen LogP contribution < -0.4 is 10.1 Å². The molecule has 2 aromatic carbocycles. The summed E-state index contributed by atoms with van der Waals surface area (Å²) in [6.07, 6.45) is -0.693. The van der Waals surface area contributed by atoms with Gasteiger partial charge in [-0.05, 0) is 44.5 Å². The lowest BCUT2D eigenvalue weighted by Gasteiger charge is -2.34. The Bertz CT molecular complexity index is 1150. The molecule has 0 aliphatic carbocycles. The predicted octanol–water partition coefficient (Wildman–Crippen LogP) is 2.17. The van der Waals surface area contributed by atoms with Crippen LogP contribution in [-0.2, 0) is 14.8 Å². The minimum atomic E-state index is -3.78. The summed E-state index contributed by atoms with van der Waals surface area (Å²) in [5.41, 5.74) is 2.60. The van der Waals surface area contributed by atoms with Crippen LogP contribution in [0.3, 0.4) is 0 Å². The van der Waals surface area contributed by atoms with Crippen LogP contribution in [-0.4, -0.2) is 61.7 Å². The summed E-state index contributed by atoms with van der Waals surface area (Å²) in [7, 11) is -3.78. The maximum absolute atomic E-state index is 13.3. The minimum absolute atomic E-state index is 0.0937. The van der Waals surface area contributed by atoms with E-state index in [1.165, 1.54) is 10.4 Å². The minimum Gasteiger partial charge on any atom is -0.479 e. The number of sulfonamides is 1. The number of nitrogens with one attached hydrogen (secondary N) is 1. The molecule has 1 fully saturated rings. The second-order valence-electron chi connectivity index (χ2n) is 7.93. The Labute approximate surface area is 181 Å². The number of piperazine rings is 1. The van der Waals surface area contributed by atoms with Crippen molar-refractivity contribution in [2.75, 3.05) is 31.5 Å². The molecule has 0 bridgehead atoms. The van der Waals surface area contributed by atoms with Gasteiger partial charge in [0.1, 0.15) is 5.75 Å². The quantitative estimate of drug-likeness (QED) is 0.784. The van der Waals surface area contributed by atoms with E-state index in [1.54, 1.807) is 30.9 Å². The third-order valence-corrected chi connectivity index (χ3v) is 7.66. The lowest BCUT2D eigenvalue weighted by atomic mass is 10.1. The van der Waals surface area contributed by atoms with Gasteiger partial charge in [-0.15, -0.1) is 0 Å². The van der Waals surface area contributed by atoms with Crippen LogP contribution >= 0.6 is 0 Å². The number of carbonyl (C=O) groups excluding carboxylic acids is 2. The Morgan fingerprint density at radius 1 is 1.10 bits per heavy atom. The maximum Gasteiger partial charge on any atom is 0.265 e. The first-order valence-corrected chi connectivity index (χ1v) is 11.6. The van der Waals surface area contributed by atoms with E-state index in [0.29, 0.717) is 35.7 Å². The van der Waals surface area contributed by atoms with E-state index in [4.69, 9.17) is 4.74 Å². The molecule has 0 saturated carbocycles. The predicted molar refractivity (Wildman–Crippen MR) is 116 cm³/mol. The standard InChI is InChI=1S/C22H25N3O5S/c1-14-5-4-6-17(11-14)22(27)24-7-9-25(10-8-24)31(28,29)20-13-19-18(12-15(20)2)23-21(26)16(3)30-19/h4-6,11-13,16H,7-10H2,1-3H3,(H,23,26)/t16-/m1/s1. The van der Waals surface area contributed by atoms with Crippen molar-refractivity contribution in [1.82, 2.24) is 9.21 Å². The third-order valence-electron chi connectivity index (χ3n) is 5.62. The molecule has 0 radical (unpaired) electrons. The molecule has 0 aromatic heterocycles. The highest BCUT2D eigenvalue weighted by atomic mass is 32.2. The molecule has 1 saturated heterocycles. The summed E-state index contributed by atoms with van der Waals surface area (Å²) in [5.74, 6) is -0.0229. The van der Waals surface area contributed by atoms with Crippen molar-refractivity contribution < 1.29 is 22.7 Å². The highest BCUT2D eigenvalue weighted by molar-refractivity contribution is 7.89. The Morgan fingerprint density at radius 3 is 2.48 bits per heavy atom. The SMILES string of the molecule is Cc1cccc(C(=O)N2CCN(S(=O)(=O)c3cc4c(cc3C)NC(=O)[C@@H](C)O4)CC2)c1. The average molecular weight is 444 g/mol. The molecule has 2 aromatic rings. The van der Waals surface area contributed by atoms with E-state index in [1.807, 2.05) is 25.1 Å². The molecule has 0 unspecified atom stereocenters. The molecule has 2 amide bonds. The number of benzene rings is 2. The molecule has 1 atom stereocenters. The van der Waals surface area contributed by atoms with Gasteiger partial charge in [-0.1, -0.05) is 17.7 Å². The van der Waals surface area contributed by atoms with Gasteiger partial charge in [0.2, 0.25) is 10.0 Å². The van der Waals surface area contributed by atoms with Crippen LogP contribution in [0.15, 0.2) is 41.3 Å². The smallest absolute Gasteiger partial charge is 0.265 e. The van der Waals surface area contributed by atoms with Crippen molar-refractivity contribution in [3.63, 3.8) is 0 Å². The molecule has 0 spiro atoms. The van der Waals surface area contributed by atoms with Crippen LogP contribution in [0.5, 0.6) is 5.75 Å². The highest BCUT2D eigenvalue weighted by Gasteiger charge is 2.33. The van der Waals surface area contributed by atoms with E-state index >= 15 is 0 Å². The first-order valence-electron chi connectivity index (χ1n) is 10.1. The molecular weight excluding hydrogens is 418 g/mol. The van der Waals surface area contributed by atoms with Gasteiger partial charge in [-0.25, -0.2) is 8.42 Å². The summed E-state index contributed by atoms with van der Waals surface area (Å²) in [4.78, 5) is 26.4. The Hall–Kier alpha value is -2.91. The molecule has 31 heavy (non-hydrogen) atoms. The van der Waals surface area contributed by atoms with Gasteiger partial charge in [0.15, 0.2) is 6.10 Å². The first kappa shape index (κ1) is 21.3. The highest BCUT2D eigenvalue weighted by Crippen LogP contribution is 2.35. The zero-order valence-corrected chi connectivity index (χ0v) is 18.5. The number of fused-ring (bicyclic) bond motifs is 1. The van der Waals surface area contributed by atoms with Gasteiger partial charge in [0.25, 0.3) is 11.8 Å². The van der Waals surface area contributed by atoms with Crippen LogP contribution in [0.2, 0.25) is 0 Å². The molecule has 8 nitrogen and oxygen atoms in total. The van der Waals surface area contributed by atoms with Crippen LogP contribution in [0, 0.1) is 13.8 Å². The number of carbonyl (C=O) groups is 2. The van der Waals surface area contributed by atoms with Gasteiger partial charge >= 0.3 is 0 Å². The van der Waals surface area contributed by atoms with Crippen molar-refractivity contribution in [2.45, 2.75) is 31.8 Å². The molecule has 164 valence electrons. The van der Waals surface area contributed by atoms with Gasteiger partial charge < -0.3 is 15.0 Å². The zero-order valence-electron chi connectivity index (χ0n) is 17.7. The average Bonchev–Trinajstić information content (AvgIpc) is 2.74. The van der Waals surface area contributed by atoms with Gasteiger partial charge in [-0.2, -0.15) is 4.31 Å². The second-order valence-corrected chi connectivity index (χ2v) is 9.84. The lowest BCUT2D eigenvalue weighted by molar-refractivity contribution is -0.122. The van der Waals surface area contributed by atoms with Crippen LogP contribution in [0.4, 0.5) is 5.69 Å². The summed E-state index contributed by atoms with van der Waals surface area (Å²) >= 11 is 0. The fourth-order valence-corrected chi connectivity index (χ4v) is 5.50. The summed E-state index contributed by atoms with van der Waals surface area (Å²) in [6.45, 7) is 6.29. The zero-order chi connectivity index (χ0) is 22.3. The van der Waals surface area contributed by atoms with E-state index in [0.717, 1.165) is 5.56 Å². The van der Waals surface area contributed by atoms with Crippen LogP contribution in [0.1, 0.15) is 28.4 Å². The number of rotatable bonds is 3. The van der Waals surface area contributed by atoms with Gasteiger partial charge in [0, 0.05) is 37.8 Å². The number of amides is 2. The van der Waals surface area contributed by atoms with Gasteiger partial charge in [0.05, 0.1) is 10.6 Å². The first-order chi connectivity index (χ1) is 14.7. The lowest BCUT2D eigenvalue weighted by Crippen LogP contribution is -2.50. The fraction of sp³-hybridized carbons (Fsp3) is 0.364. The molecule has 2 heterocycles. The molecule has 2 aliphatic rings. The molecule has 4 rings (SSSR count). The summed E-state index contributed by atoms with van der Waals surface area (Å²) < 4.78 is 33.6. The van der Waals surface area contributed by atoms with Crippen molar-refractivity contribution in [3.8, 4) is 5.75 Å². The van der Waals surface area contributed by atoms with Crippen molar-refractivity contribution in [3.05, 3.63) is 53.1 Å². The van der Waals surface area contributed by atoms with Gasteiger partial charge in [-0.3, -0.25) is 9.59 Å². The number of hydrogen-bond acceptors (Lipinski definition) is 5. The second kappa shape index (κ2) is 7.97. The monoisotopic (exact) mass is 443 g/mol. The van der Waals surface area contributed by atoms with Crippen molar-refractivity contribution in [2.24, 2.45) is 0 Å². The molecule has 2 aliphatic heterocycles. The molecule has 9 heteroatoms. The largest absolute Gasteiger partial charge is 0.479 e. The third kappa shape index (κ3) is 4.03. The normalized spacial score (nSPS) is 19.4. The Kier molecular flexibility index (Phi) is 5.49. The number of nitrogens with zero attached hydrogens (tertiary/aromatic N) is 2. The van der Waals surface area contributed by atoms with Crippen molar-refractivity contribution >= 4 is 27.5 Å². The van der Waals surface area contributed by atoms with E-state index < -0.39 is 16.1 Å². The van der Waals surface area contributed by atoms with E-state index in [9.17, 15) is 18.0 Å². The maximum atomic E-state index is 13.3. The van der Waals surface area contributed by atoms with Crippen molar-refractivity contribution in [1.29, 1.82) is 0 Å². The number of ether oxygens (including phenoxy) is 1. The number of hydrogen-bond donors (Lipinski definition) is 1. The molecular formula is C22H25N3O5S. The summed E-state index contributed by atoms with van der Waals surface area (Å²) in [6, 6.07) is 10.5. The number of aryl methyl sites for hydroxylation is 2. The molecule has 1 N–H and O–H groups in total. The van der Waals surface area contributed by atoms with Crippen LogP contribution in [0.25, 0.3) is 0 Å². The Morgan fingerprint density at radius 2 is 1.81 bits per heavy atom. The topological polar surface area (TPSA) is 96.0 Å². The van der Waals surface area contributed by atoms with E-state index in [2.05, 4.69) is 5.32 Å². The number of anilines is 1. The summed E-state index contributed by atoms with van der Waals surface area (Å²) in [5, 5.41) is 2.73. The Balaban J connectivity index is 1.51. The fourth-order valence-electron chi connectivity index (χ4n) is 3.85. The van der Waals surface area contributed by atoms with E-state index in [-0.39, 0.29) is 29.8 Å².